The molecule has 0 aliphatic carbocycles. The summed E-state index contributed by atoms with van der Waals surface area (Å²) in [7, 11) is 0. The molecule has 18 heavy (non-hydrogen) atoms. The van der Waals surface area contributed by atoms with E-state index < -0.39 is 0 Å². The van der Waals surface area contributed by atoms with Crippen LogP contribution in [0.4, 0.5) is 0 Å². The Morgan fingerprint density at radius 1 is 1.50 bits per heavy atom. The summed E-state index contributed by atoms with van der Waals surface area (Å²) in [6, 6.07) is 2.32. The van der Waals surface area contributed by atoms with E-state index in [1.807, 2.05) is 4.68 Å². The molecule has 1 unspecified atom stereocenters. The smallest absolute Gasteiger partial charge is 0.138 e. The minimum atomic E-state index is 0.194. The highest BCUT2D eigenvalue weighted by Crippen LogP contribution is 2.11. The fraction of sp³-hybridized carbons (Fsp3) is 0.500. The third kappa shape index (κ3) is 3.38. The normalized spacial score (nSPS) is 12.8. The van der Waals surface area contributed by atoms with Gasteiger partial charge in [0.15, 0.2) is 0 Å². The summed E-state index contributed by atoms with van der Waals surface area (Å²) in [5, 5.41) is 8.47. The Bertz CT molecular complexity index is 451. The Balaban J connectivity index is 1.99. The topological polar surface area (TPSA) is 68.8 Å². The van der Waals surface area contributed by atoms with E-state index in [4.69, 9.17) is 5.84 Å². The van der Waals surface area contributed by atoms with Crippen LogP contribution in [-0.4, -0.2) is 20.8 Å². The van der Waals surface area contributed by atoms with Crippen LogP contribution in [0.5, 0.6) is 0 Å². The van der Waals surface area contributed by atoms with Gasteiger partial charge in [0, 0.05) is 19.0 Å². The molecule has 0 spiro atoms. The quantitative estimate of drug-likeness (QED) is 0.586. The van der Waals surface area contributed by atoms with Crippen LogP contribution < -0.4 is 11.3 Å². The molecule has 0 saturated carbocycles. The molecule has 0 saturated heterocycles. The first-order valence-corrected chi connectivity index (χ1v) is 7.11. The first-order valence-electron chi connectivity index (χ1n) is 6.17. The van der Waals surface area contributed by atoms with Gasteiger partial charge in [-0.2, -0.15) is 16.4 Å². The van der Waals surface area contributed by atoms with Crippen molar-refractivity contribution in [1.29, 1.82) is 0 Å². The Morgan fingerprint density at radius 2 is 2.39 bits per heavy atom. The van der Waals surface area contributed by atoms with Gasteiger partial charge in [0.25, 0.3) is 0 Å². The van der Waals surface area contributed by atoms with Gasteiger partial charge < -0.3 is 0 Å². The van der Waals surface area contributed by atoms with Gasteiger partial charge in [0.1, 0.15) is 12.2 Å². The van der Waals surface area contributed by atoms with Gasteiger partial charge in [0.05, 0.1) is 0 Å². The summed E-state index contributed by atoms with van der Waals surface area (Å²) in [5.41, 5.74) is 4.18. The number of hydrogen-bond acceptors (Lipinski definition) is 5. The lowest BCUT2D eigenvalue weighted by Gasteiger charge is -2.15. The molecule has 2 heterocycles. The van der Waals surface area contributed by atoms with E-state index in [0.29, 0.717) is 0 Å². The molecule has 2 rings (SSSR count). The van der Waals surface area contributed by atoms with Gasteiger partial charge in [-0.15, -0.1) is 0 Å². The fourth-order valence-electron chi connectivity index (χ4n) is 1.95. The number of rotatable bonds is 7. The van der Waals surface area contributed by atoms with Crippen LogP contribution in [0.1, 0.15) is 24.7 Å². The molecule has 0 aliphatic heterocycles. The maximum absolute atomic E-state index is 5.63. The zero-order valence-corrected chi connectivity index (χ0v) is 11.4. The number of nitrogens with one attached hydrogen (secondary N) is 1. The minimum absolute atomic E-state index is 0.194. The monoisotopic (exact) mass is 265 g/mol. The molecule has 5 nitrogen and oxygen atoms in total. The Morgan fingerprint density at radius 3 is 3.06 bits per heavy atom. The number of nitrogens with two attached hydrogens (primary N) is 1. The van der Waals surface area contributed by atoms with E-state index in [2.05, 4.69) is 39.3 Å². The Labute approximate surface area is 111 Å². The number of nitrogens with zero attached hydrogens (tertiary/aromatic N) is 3. The second-order valence-corrected chi connectivity index (χ2v) is 5.08. The molecule has 0 bridgehead atoms. The molecule has 0 fully saturated rings. The molecular weight excluding hydrogens is 246 g/mol. The van der Waals surface area contributed by atoms with Crippen molar-refractivity contribution >= 4 is 11.3 Å². The third-order valence-electron chi connectivity index (χ3n) is 2.86. The largest absolute Gasteiger partial charge is 0.271 e. The average Bonchev–Trinajstić information content (AvgIpc) is 3.01. The summed E-state index contributed by atoms with van der Waals surface area (Å²) >= 11 is 1.71. The summed E-state index contributed by atoms with van der Waals surface area (Å²) in [6.07, 6.45) is 4.39. The van der Waals surface area contributed by atoms with Crippen molar-refractivity contribution in [3.63, 3.8) is 0 Å². The van der Waals surface area contributed by atoms with Gasteiger partial charge >= 0.3 is 0 Å². The lowest BCUT2D eigenvalue weighted by atomic mass is 10.1. The summed E-state index contributed by atoms with van der Waals surface area (Å²) in [4.78, 5) is 4.31. The van der Waals surface area contributed by atoms with E-state index in [0.717, 1.165) is 31.6 Å². The van der Waals surface area contributed by atoms with Crippen molar-refractivity contribution in [3.8, 4) is 0 Å². The third-order valence-corrected chi connectivity index (χ3v) is 3.59. The van der Waals surface area contributed by atoms with Crippen LogP contribution in [0.15, 0.2) is 23.2 Å². The highest BCUT2D eigenvalue weighted by molar-refractivity contribution is 7.07. The number of aromatic nitrogens is 3. The first kappa shape index (κ1) is 13.2. The van der Waals surface area contributed by atoms with Crippen molar-refractivity contribution in [3.05, 3.63) is 34.5 Å². The van der Waals surface area contributed by atoms with E-state index in [-0.39, 0.29) is 6.04 Å². The Kier molecular flexibility index (Phi) is 4.86. The molecule has 98 valence electrons. The SMILES string of the molecule is CCCn1ncnc1CC(Cc1ccsc1)NN. The molecule has 1 atom stereocenters. The molecule has 0 radical (unpaired) electrons. The molecule has 2 aromatic heterocycles. The van der Waals surface area contributed by atoms with E-state index in [1.165, 1.54) is 5.56 Å². The van der Waals surface area contributed by atoms with Gasteiger partial charge in [-0.3, -0.25) is 16.0 Å². The standard InChI is InChI=1S/C12H19N5S/c1-2-4-17-12(14-9-15-17)7-11(16-13)6-10-3-5-18-8-10/h3,5,8-9,11,16H,2,4,6-7,13H2,1H3. The molecule has 0 aliphatic rings. The number of hydrazine groups is 1. The number of thiophene rings is 1. The van der Waals surface area contributed by atoms with Crippen molar-refractivity contribution in [1.82, 2.24) is 20.2 Å². The number of aryl methyl sites for hydroxylation is 1. The van der Waals surface area contributed by atoms with Crippen LogP contribution in [0.2, 0.25) is 0 Å². The molecule has 0 amide bonds. The fourth-order valence-corrected chi connectivity index (χ4v) is 2.63. The maximum atomic E-state index is 5.63. The predicted octanol–water partition coefficient (Wildman–Crippen LogP) is 1.37. The van der Waals surface area contributed by atoms with Crippen molar-refractivity contribution in [2.45, 2.75) is 38.8 Å². The second kappa shape index (κ2) is 6.63. The first-order chi connectivity index (χ1) is 8.83. The van der Waals surface area contributed by atoms with Gasteiger partial charge in [-0.1, -0.05) is 6.92 Å². The van der Waals surface area contributed by atoms with Gasteiger partial charge in [0.2, 0.25) is 0 Å². The van der Waals surface area contributed by atoms with Crippen LogP contribution in [0.3, 0.4) is 0 Å². The highest BCUT2D eigenvalue weighted by Gasteiger charge is 2.13. The lowest BCUT2D eigenvalue weighted by Crippen LogP contribution is -2.39. The molecule has 6 heteroatoms. The van der Waals surface area contributed by atoms with Crippen molar-refractivity contribution < 1.29 is 0 Å². The van der Waals surface area contributed by atoms with Crippen LogP contribution in [0, 0.1) is 0 Å². The maximum Gasteiger partial charge on any atom is 0.138 e. The zero-order valence-electron chi connectivity index (χ0n) is 10.5. The molecule has 0 aromatic carbocycles. The number of hydrogen-bond donors (Lipinski definition) is 2. The van der Waals surface area contributed by atoms with E-state index in [9.17, 15) is 0 Å². The minimum Gasteiger partial charge on any atom is -0.271 e. The van der Waals surface area contributed by atoms with Crippen molar-refractivity contribution in [2.24, 2.45) is 5.84 Å². The molecule has 3 N–H and O–H groups in total. The highest BCUT2D eigenvalue weighted by atomic mass is 32.1. The van der Waals surface area contributed by atoms with Crippen LogP contribution in [-0.2, 0) is 19.4 Å². The van der Waals surface area contributed by atoms with Crippen LogP contribution in [0.25, 0.3) is 0 Å². The predicted molar refractivity (Wildman–Crippen MR) is 73.2 cm³/mol. The molecular formula is C12H19N5S. The zero-order chi connectivity index (χ0) is 12.8. The summed E-state index contributed by atoms with van der Waals surface area (Å²) < 4.78 is 1.96. The van der Waals surface area contributed by atoms with E-state index >= 15 is 0 Å². The lowest BCUT2D eigenvalue weighted by molar-refractivity contribution is 0.482. The second-order valence-electron chi connectivity index (χ2n) is 4.30. The van der Waals surface area contributed by atoms with Crippen molar-refractivity contribution in [2.75, 3.05) is 0 Å². The molecule has 2 aromatic rings. The van der Waals surface area contributed by atoms with Gasteiger partial charge in [-0.05, 0) is 35.2 Å². The summed E-state index contributed by atoms with van der Waals surface area (Å²) in [5.74, 6) is 6.62. The van der Waals surface area contributed by atoms with Crippen LogP contribution >= 0.6 is 11.3 Å². The van der Waals surface area contributed by atoms with E-state index in [1.54, 1.807) is 17.7 Å². The van der Waals surface area contributed by atoms with Gasteiger partial charge in [-0.25, -0.2) is 4.98 Å². The summed E-state index contributed by atoms with van der Waals surface area (Å²) in [6.45, 7) is 3.04. The average molecular weight is 265 g/mol. The Hall–Kier alpha value is -1.24.